The molecule has 11 heteroatoms. The van der Waals surface area contributed by atoms with Crippen molar-refractivity contribution in [3.63, 3.8) is 0 Å². The molecule has 1 amide bonds. The number of carbonyl (C=O) groups excluding carboxylic acids is 1. The van der Waals surface area contributed by atoms with Crippen molar-refractivity contribution in [2.24, 2.45) is 10.7 Å². The summed E-state index contributed by atoms with van der Waals surface area (Å²) in [5, 5.41) is 0.507. The Labute approximate surface area is 202 Å². The summed E-state index contributed by atoms with van der Waals surface area (Å²) in [6.07, 6.45) is 4.17. The molecule has 1 aromatic heterocycles. The highest BCUT2D eigenvalue weighted by atomic mass is 35.5. The summed E-state index contributed by atoms with van der Waals surface area (Å²) in [5.41, 5.74) is 6.87. The second-order valence-electron chi connectivity index (χ2n) is 7.30. The molecule has 33 heavy (non-hydrogen) atoms. The van der Waals surface area contributed by atoms with E-state index in [1.165, 1.54) is 24.1 Å². The number of aliphatic imine (C=N–C) groups is 1. The molecule has 1 aliphatic heterocycles. The van der Waals surface area contributed by atoms with Gasteiger partial charge in [0.15, 0.2) is 11.5 Å². The molecule has 0 spiro atoms. The Kier molecular flexibility index (Phi) is 6.69. The number of hydrogen-bond donors (Lipinski definition) is 1. The monoisotopic (exact) mass is 506 g/mol. The number of amides is 1. The zero-order valence-electron chi connectivity index (χ0n) is 17.6. The molecule has 3 aromatic rings. The van der Waals surface area contributed by atoms with Crippen molar-refractivity contribution >= 4 is 46.0 Å². The van der Waals surface area contributed by atoms with Crippen LogP contribution in [0.3, 0.4) is 0 Å². The highest BCUT2D eigenvalue weighted by Gasteiger charge is 2.49. The fourth-order valence-electron chi connectivity index (χ4n) is 3.63. The van der Waals surface area contributed by atoms with Gasteiger partial charge in [0.2, 0.25) is 0 Å². The van der Waals surface area contributed by atoms with Crippen LogP contribution in [-0.4, -0.2) is 43.5 Å². The Morgan fingerprint density at radius 1 is 1.09 bits per heavy atom. The van der Waals surface area contributed by atoms with Crippen molar-refractivity contribution in [1.82, 2.24) is 9.88 Å². The van der Waals surface area contributed by atoms with Gasteiger partial charge in [-0.25, -0.2) is 4.99 Å². The van der Waals surface area contributed by atoms with Crippen LogP contribution in [0.15, 0.2) is 72.0 Å². The standard InChI is InChI=1S/C22H19ClN4O4S.ClH/c1-27-20(28)22(26-21(27)24,16-7-4-8-17(12-16)31-32(2,29)30)15-6-3-5-14(11-15)18-13-25-10-9-19(18)23;/h3-13H,1-2H3,(H2,24,26);1H. The highest BCUT2D eigenvalue weighted by Crippen LogP contribution is 2.42. The molecule has 1 unspecified atom stereocenters. The van der Waals surface area contributed by atoms with Crippen LogP contribution < -0.4 is 9.92 Å². The molecule has 0 radical (unpaired) electrons. The fourth-order valence-corrected chi connectivity index (χ4v) is 4.30. The number of carbonyl (C=O) groups is 1. The van der Waals surface area contributed by atoms with Crippen molar-refractivity contribution in [3.8, 4) is 16.9 Å². The maximum Gasteiger partial charge on any atom is 0.306 e. The van der Waals surface area contributed by atoms with Crippen molar-refractivity contribution in [1.29, 1.82) is 0 Å². The Morgan fingerprint density at radius 3 is 2.36 bits per heavy atom. The largest absolute Gasteiger partial charge is 0.383 e. The zero-order valence-corrected chi connectivity index (χ0v) is 20.0. The summed E-state index contributed by atoms with van der Waals surface area (Å²) < 4.78 is 28.3. The molecule has 0 saturated heterocycles. The molecule has 2 N–H and O–H groups in total. The smallest absolute Gasteiger partial charge is 0.306 e. The fraction of sp³-hybridized carbons (Fsp3) is 0.136. The summed E-state index contributed by atoms with van der Waals surface area (Å²) in [7, 11) is -2.23. The second-order valence-corrected chi connectivity index (χ2v) is 9.28. The lowest BCUT2D eigenvalue weighted by atomic mass is 9.81. The number of pyridine rings is 1. The van der Waals surface area contributed by atoms with Gasteiger partial charge in [-0.15, -0.1) is 12.4 Å². The van der Waals surface area contributed by atoms with Gasteiger partial charge >= 0.3 is 10.1 Å². The Balaban J connectivity index is 0.00000306. The summed E-state index contributed by atoms with van der Waals surface area (Å²) in [5.74, 6) is -0.290. The van der Waals surface area contributed by atoms with E-state index in [1.54, 1.807) is 48.8 Å². The minimum Gasteiger partial charge on any atom is -0.383 e. The molecule has 0 bridgehead atoms. The van der Waals surface area contributed by atoms with Crippen molar-refractivity contribution in [2.75, 3.05) is 13.3 Å². The number of likely N-dealkylation sites (N-methyl/N-ethyl adjacent to an activating group) is 1. The van der Waals surface area contributed by atoms with E-state index in [1.807, 2.05) is 6.07 Å². The van der Waals surface area contributed by atoms with Gasteiger partial charge in [-0.05, 0) is 41.0 Å². The summed E-state index contributed by atoms with van der Waals surface area (Å²) >= 11 is 6.34. The number of aromatic nitrogens is 1. The quantitative estimate of drug-likeness (QED) is 0.531. The molecule has 1 aliphatic rings. The molecule has 8 nitrogen and oxygen atoms in total. The van der Waals surface area contributed by atoms with Gasteiger partial charge in [-0.2, -0.15) is 8.42 Å². The van der Waals surface area contributed by atoms with Crippen LogP contribution in [0.5, 0.6) is 5.75 Å². The first kappa shape index (κ1) is 24.5. The van der Waals surface area contributed by atoms with Crippen LogP contribution in [0.1, 0.15) is 11.1 Å². The number of nitrogens with two attached hydrogens (primary N) is 1. The zero-order chi connectivity index (χ0) is 23.1. The van der Waals surface area contributed by atoms with E-state index in [-0.39, 0.29) is 30.0 Å². The van der Waals surface area contributed by atoms with E-state index in [0.29, 0.717) is 21.7 Å². The molecular formula is C22H20Cl2N4O4S. The van der Waals surface area contributed by atoms with Crippen LogP contribution in [0.4, 0.5) is 0 Å². The van der Waals surface area contributed by atoms with Gasteiger partial charge in [-0.1, -0.05) is 41.9 Å². The maximum absolute atomic E-state index is 13.5. The summed E-state index contributed by atoms with van der Waals surface area (Å²) in [6, 6.07) is 15.1. The van der Waals surface area contributed by atoms with Crippen LogP contribution in [0.2, 0.25) is 5.02 Å². The molecule has 4 rings (SSSR count). The highest BCUT2D eigenvalue weighted by molar-refractivity contribution is 7.86. The molecule has 2 aromatic carbocycles. The predicted octanol–water partition coefficient (Wildman–Crippen LogP) is 3.19. The Hall–Kier alpha value is -3.14. The lowest BCUT2D eigenvalue weighted by molar-refractivity contribution is -0.129. The molecule has 0 aliphatic carbocycles. The minimum absolute atomic E-state index is 0. The summed E-state index contributed by atoms with van der Waals surface area (Å²) in [6.45, 7) is 0. The first-order chi connectivity index (χ1) is 15.1. The first-order valence-corrected chi connectivity index (χ1v) is 11.7. The van der Waals surface area contributed by atoms with E-state index >= 15 is 0 Å². The number of hydrogen-bond acceptors (Lipinski definition) is 7. The normalized spacial score (nSPS) is 18.0. The van der Waals surface area contributed by atoms with Gasteiger partial charge in [0.1, 0.15) is 5.75 Å². The SMILES string of the molecule is CN1C(=O)C(c2cccc(OS(C)(=O)=O)c2)(c2cccc(-c3cnccc3Cl)c2)N=C1N.Cl. The number of halogens is 2. The molecule has 1 atom stereocenters. The molecule has 172 valence electrons. The van der Waals surface area contributed by atoms with E-state index in [0.717, 1.165) is 11.8 Å². The number of guanidine groups is 1. The van der Waals surface area contributed by atoms with Gasteiger partial charge in [-0.3, -0.25) is 14.7 Å². The van der Waals surface area contributed by atoms with E-state index < -0.39 is 15.7 Å². The average molecular weight is 507 g/mol. The van der Waals surface area contributed by atoms with Crippen molar-refractivity contribution in [2.45, 2.75) is 5.54 Å². The number of nitrogens with zero attached hydrogens (tertiary/aromatic N) is 3. The van der Waals surface area contributed by atoms with Gasteiger partial charge in [0.25, 0.3) is 5.91 Å². The Bertz CT molecular complexity index is 1360. The van der Waals surface area contributed by atoms with Gasteiger partial charge in [0.05, 0.1) is 11.3 Å². The van der Waals surface area contributed by atoms with Crippen molar-refractivity contribution in [3.05, 3.63) is 83.1 Å². The number of benzene rings is 2. The molecule has 0 fully saturated rings. The molecular weight excluding hydrogens is 487 g/mol. The van der Waals surface area contributed by atoms with Crippen LogP contribution >= 0.6 is 24.0 Å². The second kappa shape index (κ2) is 9.01. The maximum atomic E-state index is 13.5. The third-order valence-electron chi connectivity index (χ3n) is 5.10. The van der Waals surface area contributed by atoms with Crippen LogP contribution in [0, 0.1) is 0 Å². The lowest BCUT2D eigenvalue weighted by Gasteiger charge is -2.27. The predicted molar refractivity (Wildman–Crippen MR) is 129 cm³/mol. The number of rotatable bonds is 5. The third-order valence-corrected chi connectivity index (χ3v) is 5.92. The van der Waals surface area contributed by atoms with Gasteiger partial charge < -0.3 is 9.92 Å². The first-order valence-electron chi connectivity index (χ1n) is 9.46. The van der Waals surface area contributed by atoms with E-state index in [4.69, 9.17) is 21.5 Å². The molecule has 0 saturated carbocycles. The summed E-state index contributed by atoms with van der Waals surface area (Å²) in [4.78, 5) is 23.4. The third kappa shape index (κ3) is 4.52. The van der Waals surface area contributed by atoms with Crippen LogP contribution in [0.25, 0.3) is 11.1 Å². The molecule has 2 heterocycles. The minimum atomic E-state index is -3.76. The van der Waals surface area contributed by atoms with Crippen LogP contribution in [-0.2, 0) is 20.5 Å². The topological polar surface area (TPSA) is 115 Å². The lowest BCUT2D eigenvalue weighted by Crippen LogP contribution is -2.41. The average Bonchev–Trinajstić information content (AvgIpc) is 2.98. The van der Waals surface area contributed by atoms with Gasteiger partial charge in [0, 0.05) is 25.0 Å². The van der Waals surface area contributed by atoms with E-state index in [9.17, 15) is 13.2 Å². The Morgan fingerprint density at radius 2 is 1.76 bits per heavy atom. The van der Waals surface area contributed by atoms with Crippen molar-refractivity contribution < 1.29 is 17.4 Å². The van der Waals surface area contributed by atoms with E-state index in [2.05, 4.69) is 9.98 Å².